The fraction of sp³-hybridized carbons (Fsp3) is 0.421. The third-order valence-corrected chi connectivity index (χ3v) is 5.25. The zero-order valence-corrected chi connectivity index (χ0v) is 15.6. The molecule has 1 aliphatic rings. The molecule has 0 amide bonds. The molecule has 0 unspecified atom stereocenters. The van der Waals surface area contributed by atoms with Gasteiger partial charge in [0.15, 0.2) is 5.82 Å². The molecule has 0 spiro atoms. The number of halogens is 2. The minimum Gasteiger partial charge on any atom is -0.332 e. The van der Waals surface area contributed by atoms with Gasteiger partial charge in [-0.2, -0.15) is 5.10 Å². The van der Waals surface area contributed by atoms with Gasteiger partial charge in [0.2, 0.25) is 0 Å². The van der Waals surface area contributed by atoms with Gasteiger partial charge in [-0.1, -0.05) is 17.7 Å². The van der Waals surface area contributed by atoms with Gasteiger partial charge in [0.05, 0.1) is 6.54 Å². The van der Waals surface area contributed by atoms with Crippen molar-refractivity contribution in [2.24, 2.45) is 0 Å². The maximum atomic E-state index is 14.2. The lowest BCUT2D eigenvalue weighted by molar-refractivity contribution is 0.493. The topological polar surface area (TPSA) is 48.5 Å². The second-order valence-electron chi connectivity index (χ2n) is 6.95. The van der Waals surface area contributed by atoms with Gasteiger partial charge >= 0.3 is 0 Å². The number of aromatic nitrogens is 5. The van der Waals surface area contributed by atoms with Crippen LogP contribution in [-0.4, -0.2) is 24.3 Å². The molecule has 1 aromatic carbocycles. The van der Waals surface area contributed by atoms with Crippen molar-refractivity contribution >= 4 is 11.6 Å². The molecule has 1 fully saturated rings. The Kier molecular flexibility index (Phi) is 4.53. The molecule has 4 rings (SSSR count). The fourth-order valence-electron chi connectivity index (χ4n) is 3.23. The zero-order chi connectivity index (χ0) is 18.3. The molecule has 5 nitrogen and oxygen atoms in total. The Morgan fingerprint density at radius 2 is 2.15 bits per heavy atom. The average molecular weight is 374 g/mol. The molecule has 2 aromatic heterocycles. The van der Waals surface area contributed by atoms with Crippen LogP contribution in [0.2, 0.25) is 5.02 Å². The first-order chi connectivity index (χ1) is 12.5. The third kappa shape index (κ3) is 3.38. The van der Waals surface area contributed by atoms with Gasteiger partial charge in [-0.3, -0.25) is 0 Å². The summed E-state index contributed by atoms with van der Waals surface area (Å²) in [5, 5.41) is 5.08. The number of imidazole rings is 1. The zero-order valence-electron chi connectivity index (χ0n) is 14.9. The van der Waals surface area contributed by atoms with Crippen molar-refractivity contribution < 1.29 is 4.39 Å². The Hall–Kier alpha value is -2.21. The lowest BCUT2D eigenvalue weighted by atomic mass is 10.2. The van der Waals surface area contributed by atoms with E-state index in [1.807, 2.05) is 13.1 Å². The van der Waals surface area contributed by atoms with Gasteiger partial charge < -0.3 is 4.57 Å². The standard InChI is InChI=1S/C19H21ClFN5/c1-12(25-9-8-22-13(25)2)10-18-23-19(14-6-7-14)24-26(18)11-15-16(20)4-3-5-17(15)21/h3-5,8-9,12,14H,6-7,10-11H2,1-2H3/t12-/m1/s1. The summed E-state index contributed by atoms with van der Waals surface area (Å²) < 4.78 is 18.1. The highest BCUT2D eigenvalue weighted by Crippen LogP contribution is 2.38. The third-order valence-electron chi connectivity index (χ3n) is 4.89. The fourth-order valence-corrected chi connectivity index (χ4v) is 3.46. The van der Waals surface area contributed by atoms with Crippen LogP contribution in [0.3, 0.4) is 0 Å². The van der Waals surface area contributed by atoms with E-state index in [9.17, 15) is 4.39 Å². The molecule has 0 bridgehead atoms. The molecule has 0 saturated heterocycles. The maximum Gasteiger partial charge on any atom is 0.154 e. The molecular formula is C19H21ClFN5. The second-order valence-corrected chi connectivity index (χ2v) is 7.36. The van der Waals surface area contributed by atoms with Crippen LogP contribution in [0.25, 0.3) is 0 Å². The van der Waals surface area contributed by atoms with Crippen LogP contribution in [0.4, 0.5) is 4.39 Å². The lowest BCUT2D eigenvalue weighted by Crippen LogP contribution is -2.15. The number of hydrogen-bond donors (Lipinski definition) is 0. The quantitative estimate of drug-likeness (QED) is 0.647. The van der Waals surface area contributed by atoms with E-state index in [1.54, 1.807) is 23.0 Å². The van der Waals surface area contributed by atoms with E-state index in [4.69, 9.17) is 16.6 Å². The van der Waals surface area contributed by atoms with Crippen molar-refractivity contribution in [1.29, 1.82) is 0 Å². The molecule has 0 aliphatic heterocycles. The van der Waals surface area contributed by atoms with Crippen LogP contribution < -0.4 is 0 Å². The molecule has 136 valence electrons. The van der Waals surface area contributed by atoms with E-state index in [0.717, 1.165) is 30.3 Å². The Labute approximate surface area is 156 Å². The molecule has 0 N–H and O–H groups in total. The molecular weight excluding hydrogens is 353 g/mol. The molecule has 1 aliphatic carbocycles. The SMILES string of the molecule is Cc1nccn1[C@H](C)Cc1nc(C2CC2)nn1Cc1c(F)cccc1Cl. The summed E-state index contributed by atoms with van der Waals surface area (Å²) in [6.07, 6.45) is 6.71. The van der Waals surface area contributed by atoms with Crippen molar-refractivity contribution in [3.8, 4) is 0 Å². The molecule has 0 radical (unpaired) electrons. The van der Waals surface area contributed by atoms with Gasteiger partial charge in [-0.05, 0) is 38.8 Å². The first-order valence-electron chi connectivity index (χ1n) is 8.89. The van der Waals surface area contributed by atoms with E-state index in [2.05, 4.69) is 21.6 Å². The largest absolute Gasteiger partial charge is 0.332 e. The summed E-state index contributed by atoms with van der Waals surface area (Å²) >= 11 is 6.21. The Balaban J connectivity index is 1.64. The van der Waals surface area contributed by atoms with E-state index in [-0.39, 0.29) is 18.4 Å². The Morgan fingerprint density at radius 3 is 2.81 bits per heavy atom. The molecule has 3 aromatic rings. The summed E-state index contributed by atoms with van der Waals surface area (Å²) in [6, 6.07) is 4.93. The predicted molar refractivity (Wildman–Crippen MR) is 97.9 cm³/mol. The average Bonchev–Trinajstić information content (AvgIpc) is 3.25. The summed E-state index contributed by atoms with van der Waals surface area (Å²) in [7, 11) is 0. The highest BCUT2D eigenvalue weighted by molar-refractivity contribution is 6.31. The van der Waals surface area contributed by atoms with Gasteiger partial charge in [-0.25, -0.2) is 19.0 Å². The first kappa shape index (κ1) is 17.2. The highest BCUT2D eigenvalue weighted by Gasteiger charge is 2.29. The normalized spacial score (nSPS) is 15.4. The van der Waals surface area contributed by atoms with Crippen LogP contribution in [0.5, 0.6) is 0 Å². The van der Waals surface area contributed by atoms with Gasteiger partial charge in [0.25, 0.3) is 0 Å². The van der Waals surface area contributed by atoms with E-state index in [1.165, 1.54) is 6.07 Å². The number of aryl methyl sites for hydroxylation is 1. The molecule has 7 heteroatoms. The van der Waals surface area contributed by atoms with Crippen molar-refractivity contribution in [3.05, 3.63) is 64.5 Å². The van der Waals surface area contributed by atoms with Gasteiger partial charge in [-0.15, -0.1) is 0 Å². The molecule has 26 heavy (non-hydrogen) atoms. The summed E-state index contributed by atoms with van der Waals surface area (Å²) in [4.78, 5) is 9.05. The van der Waals surface area contributed by atoms with E-state index in [0.29, 0.717) is 22.9 Å². The lowest BCUT2D eigenvalue weighted by Gasteiger charge is -2.15. The number of hydrogen-bond acceptors (Lipinski definition) is 3. The Morgan fingerprint density at radius 1 is 1.35 bits per heavy atom. The minimum atomic E-state index is -0.314. The van der Waals surface area contributed by atoms with Crippen LogP contribution in [0.1, 0.15) is 54.8 Å². The molecule has 1 atom stereocenters. The Bertz CT molecular complexity index is 908. The molecule has 2 heterocycles. The smallest absolute Gasteiger partial charge is 0.154 e. The maximum absolute atomic E-state index is 14.2. The number of nitrogens with zero attached hydrogens (tertiary/aromatic N) is 5. The number of benzene rings is 1. The summed E-state index contributed by atoms with van der Waals surface area (Å²) in [5.74, 6) is 2.80. The van der Waals surface area contributed by atoms with Gasteiger partial charge in [0, 0.05) is 41.4 Å². The van der Waals surface area contributed by atoms with Crippen LogP contribution >= 0.6 is 11.6 Å². The van der Waals surface area contributed by atoms with E-state index >= 15 is 0 Å². The van der Waals surface area contributed by atoms with E-state index < -0.39 is 0 Å². The highest BCUT2D eigenvalue weighted by atomic mass is 35.5. The van der Waals surface area contributed by atoms with Crippen molar-refractivity contribution in [3.63, 3.8) is 0 Å². The van der Waals surface area contributed by atoms with Crippen LogP contribution in [-0.2, 0) is 13.0 Å². The van der Waals surface area contributed by atoms with Gasteiger partial charge in [0.1, 0.15) is 17.5 Å². The second kappa shape index (κ2) is 6.83. The van der Waals surface area contributed by atoms with Crippen LogP contribution in [0.15, 0.2) is 30.6 Å². The number of rotatable bonds is 6. The molecule has 1 saturated carbocycles. The van der Waals surface area contributed by atoms with Crippen molar-refractivity contribution in [2.45, 2.75) is 51.6 Å². The first-order valence-corrected chi connectivity index (χ1v) is 9.26. The summed E-state index contributed by atoms with van der Waals surface area (Å²) in [6.45, 7) is 4.40. The predicted octanol–water partition coefficient (Wildman–Crippen LogP) is 4.30. The minimum absolute atomic E-state index is 0.184. The van der Waals surface area contributed by atoms with Crippen molar-refractivity contribution in [1.82, 2.24) is 24.3 Å². The summed E-state index contributed by atoms with van der Waals surface area (Å²) in [5.41, 5.74) is 0.453. The monoisotopic (exact) mass is 373 g/mol. The van der Waals surface area contributed by atoms with Crippen molar-refractivity contribution in [2.75, 3.05) is 0 Å². The van der Waals surface area contributed by atoms with Crippen LogP contribution in [0, 0.1) is 12.7 Å².